The smallest absolute Gasteiger partial charge is 0.229 e. The lowest BCUT2D eigenvalue weighted by Crippen LogP contribution is -2.34. The molecule has 1 fully saturated rings. The summed E-state index contributed by atoms with van der Waals surface area (Å²) in [4.78, 5) is 35.8. The number of rotatable bonds is 5. The van der Waals surface area contributed by atoms with E-state index in [-0.39, 0.29) is 49.6 Å². The Labute approximate surface area is 118 Å². The summed E-state index contributed by atoms with van der Waals surface area (Å²) in [6.07, 6.45) is 0.677. The van der Waals surface area contributed by atoms with Crippen LogP contribution in [0, 0.1) is 0 Å². The molecule has 1 aromatic rings. The second-order valence-electron chi connectivity index (χ2n) is 4.89. The fourth-order valence-electron chi connectivity index (χ4n) is 2.22. The third-order valence-electron chi connectivity index (χ3n) is 3.39. The van der Waals surface area contributed by atoms with Crippen molar-refractivity contribution in [3.63, 3.8) is 0 Å². The van der Waals surface area contributed by atoms with Crippen LogP contribution in [0.1, 0.15) is 37.8 Å². The first-order chi connectivity index (χ1) is 9.58. The molecule has 5 heteroatoms. The summed E-state index contributed by atoms with van der Waals surface area (Å²) < 4.78 is 0. The molecule has 1 heterocycles. The molecule has 0 aromatic heterocycles. The number of hydrogen-bond acceptors (Lipinski definition) is 3. The summed E-state index contributed by atoms with van der Waals surface area (Å²) in [5, 5.41) is 2.86. The number of likely N-dealkylation sites (tertiary alicyclic amines) is 1. The highest BCUT2D eigenvalue weighted by Crippen LogP contribution is 2.13. The number of benzene rings is 1. The van der Waals surface area contributed by atoms with Crippen LogP contribution in [0.25, 0.3) is 0 Å². The van der Waals surface area contributed by atoms with Gasteiger partial charge in [0.25, 0.3) is 0 Å². The van der Waals surface area contributed by atoms with E-state index in [2.05, 4.69) is 5.32 Å². The predicted molar refractivity (Wildman–Crippen MR) is 73.6 cm³/mol. The maximum absolute atomic E-state index is 11.8. The monoisotopic (exact) mass is 274 g/mol. The highest BCUT2D eigenvalue weighted by molar-refractivity contribution is 6.02. The Morgan fingerprint density at radius 3 is 2.40 bits per heavy atom. The van der Waals surface area contributed by atoms with Gasteiger partial charge in [-0.15, -0.1) is 0 Å². The molecular weight excluding hydrogens is 256 g/mol. The zero-order chi connectivity index (χ0) is 14.5. The van der Waals surface area contributed by atoms with Gasteiger partial charge in [0, 0.05) is 25.8 Å². The van der Waals surface area contributed by atoms with Crippen LogP contribution in [0.2, 0.25) is 0 Å². The first-order valence-electron chi connectivity index (χ1n) is 6.75. The Balaban J connectivity index is 1.81. The highest BCUT2D eigenvalue weighted by Gasteiger charge is 2.28. The summed E-state index contributed by atoms with van der Waals surface area (Å²) >= 11 is 0. The van der Waals surface area contributed by atoms with Crippen LogP contribution in [-0.2, 0) is 14.4 Å². The fourth-order valence-corrected chi connectivity index (χ4v) is 2.22. The van der Waals surface area contributed by atoms with Crippen LogP contribution in [0.4, 0.5) is 0 Å². The molecule has 20 heavy (non-hydrogen) atoms. The van der Waals surface area contributed by atoms with E-state index in [1.165, 1.54) is 4.90 Å². The normalized spacial score (nSPS) is 16.4. The van der Waals surface area contributed by atoms with Gasteiger partial charge in [-0.2, -0.15) is 0 Å². The molecule has 2 rings (SSSR count). The first kappa shape index (κ1) is 14.2. The zero-order valence-corrected chi connectivity index (χ0v) is 11.5. The minimum atomic E-state index is -0.182. The third-order valence-corrected chi connectivity index (χ3v) is 3.39. The van der Waals surface area contributed by atoms with E-state index in [1.54, 1.807) is 0 Å². The van der Waals surface area contributed by atoms with Gasteiger partial charge in [0.1, 0.15) is 0 Å². The van der Waals surface area contributed by atoms with Crippen molar-refractivity contribution in [2.45, 2.75) is 32.2 Å². The van der Waals surface area contributed by atoms with Crippen LogP contribution in [0.5, 0.6) is 0 Å². The molecule has 1 aliphatic rings. The van der Waals surface area contributed by atoms with E-state index in [0.29, 0.717) is 0 Å². The SMILES string of the molecule is C[C@@H](NC(=O)CCN1C(=O)CCC1=O)c1ccccc1. The largest absolute Gasteiger partial charge is 0.350 e. The van der Waals surface area contributed by atoms with Gasteiger partial charge in [0.05, 0.1) is 6.04 Å². The average molecular weight is 274 g/mol. The molecule has 0 bridgehead atoms. The van der Waals surface area contributed by atoms with Crippen LogP contribution in [0.3, 0.4) is 0 Å². The number of imide groups is 1. The lowest BCUT2D eigenvalue weighted by molar-refractivity contribution is -0.138. The highest BCUT2D eigenvalue weighted by atomic mass is 16.2. The summed E-state index contributed by atoms with van der Waals surface area (Å²) in [7, 11) is 0. The number of carbonyl (C=O) groups excluding carboxylic acids is 3. The number of hydrogen-bond donors (Lipinski definition) is 1. The average Bonchev–Trinajstić information content (AvgIpc) is 2.77. The molecule has 5 nitrogen and oxygen atoms in total. The van der Waals surface area contributed by atoms with E-state index in [0.717, 1.165) is 5.56 Å². The Bertz CT molecular complexity index is 497. The number of nitrogens with one attached hydrogen (secondary N) is 1. The van der Waals surface area contributed by atoms with Gasteiger partial charge >= 0.3 is 0 Å². The Kier molecular flexibility index (Phi) is 4.50. The summed E-state index contributed by atoms with van der Waals surface area (Å²) in [5.41, 5.74) is 1.02. The van der Waals surface area contributed by atoms with Crippen molar-refractivity contribution in [1.29, 1.82) is 0 Å². The van der Waals surface area contributed by atoms with E-state index in [9.17, 15) is 14.4 Å². The van der Waals surface area contributed by atoms with Crippen molar-refractivity contribution in [1.82, 2.24) is 10.2 Å². The van der Waals surface area contributed by atoms with Crippen molar-refractivity contribution in [3.05, 3.63) is 35.9 Å². The fraction of sp³-hybridized carbons (Fsp3) is 0.400. The van der Waals surface area contributed by atoms with Gasteiger partial charge in [0.2, 0.25) is 17.7 Å². The Hall–Kier alpha value is -2.17. The lowest BCUT2D eigenvalue weighted by Gasteiger charge is -2.16. The van der Waals surface area contributed by atoms with Crippen LogP contribution < -0.4 is 5.32 Å². The van der Waals surface area contributed by atoms with Crippen molar-refractivity contribution < 1.29 is 14.4 Å². The Morgan fingerprint density at radius 1 is 1.20 bits per heavy atom. The van der Waals surface area contributed by atoms with Crippen LogP contribution in [0.15, 0.2) is 30.3 Å². The van der Waals surface area contributed by atoms with Gasteiger partial charge in [-0.25, -0.2) is 0 Å². The molecule has 0 radical (unpaired) electrons. The number of amides is 3. The molecule has 106 valence electrons. The Morgan fingerprint density at radius 2 is 1.80 bits per heavy atom. The molecule has 0 spiro atoms. The molecule has 1 atom stereocenters. The predicted octanol–water partition coefficient (Wildman–Crippen LogP) is 1.40. The molecule has 3 amide bonds. The standard InChI is InChI=1S/C15H18N2O3/c1-11(12-5-3-2-4-6-12)16-13(18)9-10-17-14(19)7-8-15(17)20/h2-6,11H,7-10H2,1H3,(H,16,18)/t11-/m1/s1. The van der Waals surface area contributed by atoms with E-state index < -0.39 is 0 Å². The molecule has 1 aromatic carbocycles. The number of carbonyl (C=O) groups is 3. The second-order valence-corrected chi connectivity index (χ2v) is 4.89. The maximum Gasteiger partial charge on any atom is 0.229 e. The van der Waals surface area contributed by atoms with Gasteiger partial charge in [-0.3, -0.25) is 19.3 Å². The van der Waals surface area contributed by atoms with Crippen molar-refractivity contribution in [3.8, 4) is 0 Å². The topological polar surface area (TPSA) is 66.5 Å². The second kappa shape index (κ2) is 6.32. The van der Waals surface area contributed by atoms with Gasteiger partial charge in [-0.1, -0.05) is 30.3 Å². The van der Waals surface area contributed by atoms with Crippen molar-refractivity contribution in [2.75, 3.05) is 6.54 Å². The molecule has 0 unspecified atom stereocenters. The van der Waals surface area contributed by atoms with Crippen LogP contribution in [-0.4, -0.2) is 29.2 Å². The summed E-state index contributed by atoms with van der Waals surface area (Å²) in [6, 6.07) is 9.55. The van der Waals surface area contributed by atoms with Crippen LogP contribution >= 0.6 is 0 Å². The maximum atomic E-state index is 11.8. The van der Waals surface area contributed by atoms with Gasteiger partial charge in [-0.05, 0) is 12.5 Å². The molecular formula is C15H18N2O3. The molecule has 1 saturated heterocycles. The van der Waals surface area contributed by atoms with Gasteiger partial charge in [0.15, 0.2) is 0 Å². The quantitative estimate of drug-likeness (QED) is 0.825. The first-order valence-corrected chi connectivity index (χ1v) is 6.75. The van der Waals surface area contributed by atoms with Gasteiger partial charge < -0.3 is 5.32 Å². The van der Waals surface area contributed by atoms with E-state index in [1.807, 2.05) is 37.3 Å². The molecule has 0 saturated carbocycles. The minimum absolute atomic E-state index is 0.0892. The molecule has 0 aliphatic carbocycles. The van der Waals surface area contributed by atoms with Crippen molar-refractivity contribution in [2.24, 2.45) is 0 Å². The summed E-state index contributed by atoms with van der Waals surface area (Å²) in [6.45, 7) is 2.07. The number of nitrogens with zero attached hydrogens (tertiary/aromatic N) is 1. The van der Waals surface area contributed by atoms with E-state index >= 15 is 0 Å². The summed E-state index contributed by atoms with van der Waals surface area (Å²) in [5.74, 6) is -0.522. The van der Waals surface area contributed by atoms with E-state index in [4.69, 9.17) is 0 Å². The van der Waals surface area contributed by atoms with Crippen molar-refractivity contribution >= 4 is 17.7 Å². The molecule has 1 N–H and O–H groups in total. The third kappa shape index (κ3) is 3.44. The minimum Gasteiger partial charge on any atom is -0.350 e. The molecule has 1 aliphatic heterocycles. The lowest BCUT2D eigenvalue weighted by atomic mass is 10.1. The zero-order valence-electron chi connectivity index (χ0n) is 11.5.